The molecule has 0 aliphatic heterocycles. The lowest BCUT2D eigenvalue weighted by molar-refractivity contribution is 0.0849. The van der Waals surface area contributed by atoms with Crippen LogP contribution in [0.2, 0.25) is 0 Å². The zero-order valence-electron chi connectivity index (χ0n) is 14.6. The first kappa shape index (κ1) is 17.6. The molecule has 0 radical (unpaired) electrons. The van der Waals surface area contributed by atoms with E-state index in [1.165, 1.54) is 11.3 Å². The summed E-state index contributed by atoms with van der Waals surface area (Å²) in [6, 6.07) is 16.5. The number of rotatable bonds is 4. The lowest BCUT2D eigenvalue weighted by Gasteiger charge is -2.06. The van der Waals surface area contributed by atoms with Crippen LogP contribution in [0.15, 0.2) is 78.6 Å². The molecule has 1 aromatic carbocycles. The molecule has 0 fully saturated rings. The normalized spacial score (nSPS) is 10.4. The van der Waals surface area contributed by atoms with Gasteiger partial charge in [0.25, 0.3) is 11.8 Å². The summed E-state index contributed by atoms with van der Waals surface area (Å²) in [6.45, 7) is 0. The predicted octanol–water partition coefficient (Wildman–Crippen LogP) is 3.07. The fourth-order valence-electron chi connectivity index (χ4n) is 2.62. The fraction of sp³-hybridized carbons (Fsp3) is 0. The van der Waals surface area contributed by atoms with E-state index in [1.807, 2.05) is 36.4 Å². The summed E-state index contributed by atoms with van der Waals surface area (Å²) in [6.07, 6.45) is 4.92. The van der Waals surface area contributed by atoms with E-state index in [9.17, 15) is 9.59 Å². The Labute approximate surface area is 164 Å². The molecular weight excluding hydrogens is 374 g/mol. The van der Waals surface area contributed by atoms with Crippen molar-refractivity contribution in [3.8, 4) is 16.9 Å². The zero-order chi connectivity index (χ0) is 19.3. The van der Waals surface area contributed by atoms with Crippen LogP contribution >= 0.6 is 11.3 Å². The molecule has 2 amide bonds. The maximum absolute atomic E-state index is 12.8. The van der Waals surface area contributed by atoms with Crippen LogP contribution in [0.1, 0.15) is 20.0 Å². The van der Waals surface area contributed by atoms with E-state index < -0.39 is 5.91 Å². The second-order valence-electron chi connectivity index (χ2n) is 5.80. The number of hydrogen-bond donors (Lipinski definition) is 2. The molecule has 4 aromatic rings. The molecule has 4 rings (SSSR count). The van der Waals surface area contributed by atoms with Gasteiger partial charge >= 0.3 is 0 Å². The van der Waals surface area contributed by atoms with Crippen molar-refractivity contribution in [1.82, 2.24) is 25.6 Å². The van der Waals surface area contributed by atoms with Crippen molar-refractivity contribution in [1.29, 1.82) is 0 Å². The lowest BCUT2D eigenvalue weighted by atomic mass is 10.1. The van der Waals surface area contributed by atoms with Crippen LogP contribution in [0.3, 0.4) is 0 Å². The molecule has 3 aromatic heterocycles. The molecule has 0 aliphatic carbocycles. The van der Waals surface area contributed by atoms with Gasteiger partial charge in [0, 0.05) is 24.2 Å². The summed E-state index contributed by atoms with van der Waals surface area (Å²) in [5.74, 6) is -0.840. The van der Waals surface area contributed by atoms with E-state index in [-0.39, 0.29) is 5.91 Å². The van der Waals surface area contributed by atoms with Gasteiger partial charge < -0.3 is 0 Å². The first-order chi connectivity index (χ1) is 13.7. The number of hydrogen-bond acceptors (Lipinski definition) is 5. The summed E-state index contributed by atoms with van der Waals surface area (Å²) in [5.41, 5.74) is 7.20. The average molecular weight is 389 g/mol. The molecule has 0 atom stereocenters. The number of pyridine rings is 1. The van der Waals surface area contributed by atoms with Crippen LogP contribution in [-0.2, 0) is 0 Å². The van der Waals surface area contributed by atoms with Crippen LogP contribution in [-0.4, -0.2) is 26.6 Å². The highest BCUT2D eigenvalue weighted by atomic mass is 32.1. The standard InChI is InChI=1S/C20H15N5O2S/c26-19(22-23-20(27)17-9-5-11-28-17)16-13-25(15-7-2-1-3-8-15)24-18(16)14-6-4-10-21-12-14/h1-13H,(H,22,26)(H,23,27). The molecule has 0 spiro atoms. The maximum Gasteiger partial charge on any atom is 0.279 e. The second-order valence-corrected chi connectivity index (χ2v) is 6.75. The molecule has 3 heterocycles. The van der Waals surface area contributed by atoms with Gasteiger partial charge in [-0.05, 0) is 35.7 Å². The summed E-state index contributed by atoms with van der Waals surface area (Å²) in [7, 11) is 0. The summed E-state index contributed by atoms with van der Waals surface area (Å²) in [5, 5.41) is 6.35. The third-order valence-corrected chi connectivity index (χ3v) is 4.82. The molecule has 0 unspecified atom stereocenters. The summed E-state index contributed by atoms with van der Waals surface area (Å²) in [4.78, 5) is 29.4. The minimum Gasteiger partial charge on any atom is -0.267 e. The highest BCUT2D eigenvalue weighted by Crippen LogP contribution is 2.23. The second kappa shape index (κ2) is 7.85. The summed E-state index contributed by atoms with van der Waals surface area (Å²) < 4.78 is 1.62. The number of nitrogens with one attached hydrogen (secondary N) is 2. The van der Waals surface area contributed by atoms with Crippen molar-refractivity contribution < 1.29 is 9.59 Å². The number of benzene rings is 1. The van der Waals surface area contributed by atoms with Gasteiger partial charge in [0.15, 0.2) is 0 Å². The van der Waals surface area contributed by atoms with Crippen molar-refractivity contribution in [2.24, 2.45) is 0 Å². The van der Waals surface area contributed by atoms with Gasteiger partial charge in [0.05, 0.1) is 16.1 Å². The van der Waals surface area contributed by atoms with Crippen molar-refractivity contribution in [3.63, 3.8) is 0 Å². The Balaban J connectivity index is 1.63. The molecule has 138 valence electrons. The van der Waals surface area contributed by atoms with Crippen LogP contribution in [0.4, 0.5) is 0 Å². The predicted molar refractivity (Wildman–Crippen MR) is 106 cm³/mol. The number of carbonyl (C=O) groups is 2. The van der Waals surface area contributed by atoms with Crippen LogP contribution < -0.4 is 10.9 Å². The number of nitrogens with zero attached hydrogens (tertiary/aromatic N) is 3. The molecule has 28 heavy (non-hydrogen) atoms. The smallest absolute Gasteiger partial charge is 0.267 e. The lowest BCUT2D eigenvalue weighted by Crippen LogP contribution is -2.41. The Bertz CT molecular complexity index is 1090. The van der Waals surface area contributed by atoms with Gasteiger partial charge in [-0.3, -0.25) is 25.4 Å². The number of carbonyl (C=O) groups excluding carboxylic acids is 2. The van der Waals surface area contributed by atoms with Gasteiger partial charge in [0.2, 0.25) is 0 Å². The maximum atomic E-state index is 12.8. The Morgan fingerprint density at radius 1 is 0.929 bits per heavy atom. The molecule has 0 saturated carbocycles. The van der Waals surface area contributed by atoms with Crippen molar-refractivity contribution in [2.45, 2.75) is 0 Å². The van der Waals surface area contributed by atoms with E-state index in [2.05, 4.69) is 20.9 Å². The van der Waals surface area contributed by atoms with Crippen LogP contribution in [0.5, 0.6) is 0 Å². The highest BCUT2D eigenvalue weighted by molar-refractivity contribution is 7.12. The van der Waals surface area contributed by atoms with E-state index in [0.717, 1.165) is 5.69 Å². The monoisotopic (exact) mass is 389 g/mol. The van der Waals surface area contributed by atoms with Crippen molar-refractivity contribution in [3.05, 3.63) is 89.0 Å². The minimum absolute atomic E-state index is 0.323. The number of thiophene rings is 1. The largest absolute Gasteiger partial charge is 0.279 e. The number of amides is 2. The van der Waals surface area contributed by atoms with Crippen molar-refractivity contribution >= 4 is 23.2 Å². The van der Waals surface area contributed by atoms with Crippen LogP contribution in [0, 0.1) is 0 Å². The first-order valence-corrected chi connectivity index (χ1v) is 9.30. The molecule has 0 bridgehead atoms. The third kappa shape index (κ3) is 3.67. The quantitative estimate of drug-likeness (QED) is 0.525. The topological polar surface area (TPSA) is 88.9 Å². The van der Waals surface area contributed by atoms with Crippen LogP contribution in [0.25, 0.3) is 16.9 Å². The minimum atomic E-state index is -0.467. The SMILES string of the molecule is O=C(NNC(=O)c1cn(-c2ccccc2)nc1-c1cccnc1)c1cccs1. The molecule has 8 heteroatoms. The number of aromatic nitrogens is 3. The van der Waals surface area contributed by atoms with Gasteiger partial charge in [-0.1, -0.05) is 24.3 Å². The van der Waals surface area contributed by atoms with Gasteiger partial charge in [0.1, 0.15) is 5.69 Å². The van der Waals surface area contributed by atoms with Gasteiger partial charge in [-0.2, -0.15) is 5.10 Å². The Kier molecular flexibility index (Phi) is 4.94. The van der Waals surface area contributed by atoms with Gasteiger partial charge in [-0.25, -0.2) is 4.68 Å². The van der Waals surface area contributed by atoms with E-state index in [0.29, 0.717) is 21.7 Å². The van der Waals surface area contributed by atoms with E-state index in [1.54, 1.807) is 46.9 Å². The Morgan fingerprint density at radius 2 is 1.75 bits per heavy atom. The fourth-order valence-corrected chi connectivity index (χ4v) is 3.24. The zero-order valence-corrected chi connectivity index (χ0v) is 15.4. The highest BCUT2D eigenvalue weighted by Gasteiger charge is 2.19. The third-order valence-electron chi connectivity index (χ3n) is 3.95. The van der Waals surface area contributed by atoms with E-state index in [4.69, 9.17) is 0 Å². The summed E-state index contributed by atoms with van der Waals surface area (Å²) >= 11 is 1.29. The molecule has 0 aliphatic rings. The molecular formula is C20H15N5O2S. The number of para-hydroxylation sites is 1. The Morgan fingerprint density at radius 3 is 2.46 bits per heavy atom. The average Bonchev–Trinajstić information content (AvgIpc) is 3.43. The molecule has 7 nitrogen and oxygen atoms in total. The molecule has 2 N–H and O–H groups in total. The number of hydrazine groups is 1. The molecule has 0 saturated heterocycles. The first-order valence-electron chi connectivity index (χ1n) is 8.42. The van der Waals surface area contributed by atoms with E-state index >= 15 is 0 Å². The Hall–Kier alpha value is -3.78. The van der Waals surface area contributed by atoms with Crippen molar-refractivity contribution in [2.75, 3.05) is 0 Å². The van der Waals surface area contributed by atoms with Gasteiger partial charge in [-0.15, -0.1) is 11.3 Å².